The van der Waals surface area contributed by atoms with Gasteiger partial charge in [-0.05, 0) is 24.1 Å². The quantitative estimate of drug-likeness (QED) is 0.613. The van der Waals surface area contributed by atoms with Crippen LogP contribution in [0.15, 0.2) is 59.5 Å². The van der Waals surface area contributed by atoms with Crippen LogP contribution >= 0.6 is 0 Å². The Morgan fingerprint density at radius 3 is 2.46 bits per heavy atom. The number of nitro benzene ring substituents is 1. The number of nitrogens with zero attached hydrogens (tertiary/aromatic N) is 2. The molecule has 8 nitrogen and oxygen atoms in total. The lowest BCUT2D eigenvalue weighted by Crippen LogP contribution is -2.31. The molecule has 1 N–H and O–H groups in total. The van der Waals surface area contributed by atoms with Crippen LogP contribution < -0.4 is 9.62 Å². The lowest BCUT2D eigenvalue weighted by atomic mass is 10.1. The highest BCUT2D eigenvalue weighted by Gasteiger charge is 2.32. The molecule has 9 heteroatoms. The van der Waals surface area contributed by atoms with E-state index >= 15 is 0 Å². The molecule has 2 aromatic rings. The van der Waals surface area contributed by atoms with Gasteiger partial charge in [0, 0.05) is 31.3 Å². The first-order valence-corrected chi connectivity index (χ1v) is 9.45. The van der Waals surface area contributed by atoms with E-state index in [4.69, 9.17) is 0 Å². The third kappa shape index (κ3) is 3.73. The summed E-state index contributed by atoms with van der Waals surface area (Å²) in [7, 11) is -4.04. The summed E-state index contributed by atoms with van der Waals surface area (Å²) in [5.74, 6) is -0.286. The van der Waals surface area contributed by atoms with E-state index in [2.05, 4.69) is 4.72 Å². The number of para-hydroxylation sites is 2. The predicted octanol–water partition coefficient (Wildman–Crippen LogP) is 1.93. The van der Waals surface area contributed by atoms with Gasteiger partial charge < -0.3 is 4.90 Å². The highest BCUT2D eigenvalue weighted by Crippen LogP contribution is 2.26. The SMILES string of the molecule is O=C1CC(CNS(=O)(=O)c2ccccc2[N+](=O)[O-])CN1c1ccccc1. The zero-order chi connectivity index (χ0) is 18.7. The molecule has 0 saturated carbocycles. The Balaban J connectivity index is 1.70. The highest BCUT2D eigenvalue weighted by molar-refractivity contribution is 7.89. The summed E-state index contributed by atoms with van der Waals surface area (Å²) in [5, 5.41) is 11.0. The van der Waals surface area contributed by atoms with E-state index < -0.39 is 20.6 Å². The Morgan fingerprint density at radius 1 is 1.12 bits per heavy atom. The molecule has 0 aliphatic carbocycles. The van der Waals surface area contributed by atoms with Crippen molar-refractivity contribution in [3.63, 3.8) is 0 Å². The molecule has 1 saturated heterocycles. The van der Waals surface area contributed by atoms with Crippen molar-refractivity contribution < 1.29 is 18.1 Å². The molecular formula is C17H17N3O5S. The predicted molar refractivity (Wildman–Crippen MR) is 95.2 cm³/mol. The summed E-state index contributed by atoms with van der Waals surface area (Å²) >= 11 is 0. The van der Waals surface area contributed by atoms with Crippen LogP contribution in [-0.4, -0.2) is 32.3 Å². The van der Waals surface area contributed by atoms with Gasteiger partial charge in [-0.15, -0.1) is 0 Å². The Morgan fingerprint density at radius 2 is 1.77 bits per heavy atom. The second-order valence-corrected chi connectivity index (χ2v) is 7.72. The third-order valence-corrected chi connectivity index (χ3v) is 5.66. The molecule has 0 aromatic heterocycles. The fraction of sp³-hybridized carbons (Fsp3) is 0.235. The lowest BCUT2D eigenvalue weighted by Gasteiger charge is -2.16. The standard InChI is InChI=1S/C17H17N3O5S/c21-17-10-13(12-19(17)14-6-2-1-3-7-14)11-18-26(24,25)16-9-5-4-8-15(16)20(22)23/h1-9,13,18H,10-12H2. The Bertz CT molecular complexity index is 930. The highest BCUT2D eigenvalue weighted by atomic mass is 32.2. The average Bonchev–Trinajstić information content (AvgIpc) is 3.01. The first-order chi connectivity index (χ1) is 12.4. The van der Waals surface area contributed by atoms with Gasteiger partial charge in [0.25, 0.3) is 5.69 Å². The topological polar surface area (TPSA) is 110 Å². The first kappa shape index (κ1) is 18.0. The number of rotatable bonds is 6. The van der Waals surface area contributed by atoms with Crippen molar-refractivity contribution in [1.29, 1.82) is 0 Å². The molecule has 26 heavy (non-hydrogen) atoms. The summed E-state index contributed by atoms with van der Waals surface area (Å²) in [5.41, 5.74) is 0.287. The van der Waals surface area contributed by atoms with Gasteiger partial charge in [-0.25, -0.2) is 13.1 Å². The fourth-order valence-electron chi connectivity index (χ4n) is 2.92. The van der Waals surface area contributed by atoms with Crippen molar-refractivity contribution >= 4 is 27.3 Å². The molecule has 3 rings (SSSR count). The van der Waals surface area contributed by atoms with Crippen molar-refractivity contribution in [3.8, 4) is 0 Å². The van der Waals surface area contributed by atoms with E-state index in [-0.39, 0.29) is 29.7 Å². The van der Waals surface area contributed by atoms with E-state index in [0.717, 1.165) is 11.8 Å². The van der Waals surface area contributed by atoms with Gasteiger partial charge in [0.2, 0.25) is 15.9 Å². The molecule has 1 heterocycles. The maximum atomic E-state index is 12.4. The van der Waals surface area contributed by atoms with Crippen LogP contribution in [0.3, 0.4) is 0 Å². The van der Waals surface area contributed by atoms with Gasteiger partial charge >= 0.3 is 0 Å². The van der Waals surface area contributed by atoms with Gasteiger partial charge in [-0.2, -0.15) is 0 Å². The van der Waals surface area contributed by atoms with Gasteiger partial charge in [0.15, 0.2) is 4.90 Å². The van der Waals surface area contributed by atoms with E-state index in [1.54, 1.807) is 4.90 Å². The van der Waals surface area contributed by atoms with Crippen molar-refractivity contribution in [2.75, 3.05) is 18.0 Å². The summed E-state index contributed by atoms with van der Waals surface area (Å²) < 4.78 is 27.3. The Kier molecular flexibility index (Phi) is 5.01. The monoisotopic (exact) mass is 375 g/mol. The summed E-state index contributed by atoms with van der Waals surface area (Å²) in [6, 6.07) is 14.3. The summed E-state index contributed by atoms with van der Waals surface area (Å²) in [6.45, 7) is 0.422. The molecule has 0 bridgehead atoms. The number of nitro groups is 1. The van der Waals surface area contributed by atoms with E-state index in [1.807, 2.05) is 30.3 Å². The fourth-order valence-corrected chi connectivity index (χ4v) is 4.20. The molecule has 0 spiro atoms. The number of hydrogen-bond acceptors (Lipinski definition) is 5. The molecule has 1 aliphatic rings. The van der Waals surface area contributed by atoms with Crippen LogP contribution in [-0.2, 0) is 14.8 Å². The zero-order valence-corrected chi connectivity index (χ0v) is 14.6. The minimum Gasteiger partial charge on any atom is -0.312 e. The molecule has 1 aliphatic heterocycles. The maximum absolute atomic E-state index is 12.4. The van der Waals surface area contributed by atoms with E-state index in [1.165, 1.54) is 18.2 Å². The van der Waals surface area contributed by atoms with Gasteiger partial charge in [-0.1, -0.05) is 30.3 Å². The van der Waals surface area contributed by atoms with Crippen molar-refractivity contribution in [1.82, 2.24) is 4.72 Å². The van der Waals surface area contributed by atoms with Crippen LogP contribution in [0, 0.1) is 16.0 Å². The zero-order valence-electron chi connectivity index (χ0n) is 13.7. The number of benzene rings is 2. The number of hydrogen-bond donors (Lipinski definition) is 1. The number of sulfonamides is 1. The van der Waals surface area contributed by atoms with E-state index in [9.17, 15) is 23.3 Å². The average molecular weight is 375 g/mol. The molecule has 136 valence electrons. The molecule has 2 aromatic carbocycles. The van der Waals surface area contributed by atoms with Gasteiger partial charge in [0.05, 0.1) is 4.92 Å². The van der Waals surface area contributed by atoms with Crippen LogP contribution in [0.2, 0.25) is 0 Å². The largest absolute Gasteiger partial charge is 0.312 e. The van der Waals surface area contributed by atoms with Crippen LogP contribution in [0.25, 0.3) is 0 Å². The second kappa shape index (κ2) is 7.22. The number of carbonyl (C=O) groups is 1. The van der Waals surface area contributed by atoms with Crippen molar-refractivity contribution in [2.24, 2.45) is 5.92 Å². The number of carbonyl (C=O) groups excluding carboxylic acids is 1. The third-order valence-electron chi connectivity index (χ3n) is 4.19. The summed E-state index contributed by atoms with van der Waals surface area (Å²) in [6.07, 6.45) is 0.217. The minimum absolute atomic E-state index is 0.0312. The van der Waals surface area contributed by atoms with E-state index in [0.29, 0.717) is 6.54 Å². The second-order valence-electron chi connectivity index (χ2n) is 5.99. The van der Waals surface area contributed by atoms with Crippen LogP contribution in [0.5, 0.6) is 0 Å². The van der Waals surface area contributed by atoms with Crippen LogP contribution in [0.4, 0.5) is 11.4 Å². The molecule has 1 fully saturated rings. The normalized spacial score (nSPS) is 17.5. The number of anilines is 1. The lowest BCUT2D eigenvalue weighted by molar-refractivity contribution is -0.387. The minimum atomic E-state index is -4.04. The smallest absolute Gasteiger partial charge is 0.289 e. The van der Waals surface area contributed by atoms with Crippen molar-refractivity contribution in [3.05, 3.63) is 64.7 Å². The van der Waals surface area contributed by atoms with Crippen molar-refractivity contribution in [2.45, 2.75) is 11.3 Å². The summed E-state index contributed by atoms with van der Waals surface area (Å²) in [4.78, 5) is 23.7. The Hall–Kier alpha value is -2.78. The van der Waals surface area contributed by atoms with Gasteiger partial charge in [-0.3, -0.25) is 14.9 Å². The molecule has 0 radical (unpaired) electrons. The van der Waals surface area contributed by atoms with Crippen LogP contribution in [0.1, 0.15) is 6.42 Å². The molecule has 1 amide bonds. The first-order valence-electron chi connectivity index (χ1n) is 7.97. The molecule has 1 unspecified atom stereocenters. The van der Waals surface area contributed by atoms with Gasteiger partial charge in [0.1, 0.15) is 0 Å². The molecular weight excluding hydrogens is 358 g/mol. The Labute approximate surface area is 150 Å². The number of amides is 1. The number of nitrogens with one attached hydrogen (secondary N) is 1. The maximum Gasteiger partial charge on any atom is 0.289 e. The molecule has 1 atom stereocenters.